The molecule has 10 heteroatoms. The Hall–Kier alpha value is -3.21. The number of benzene rings is 2. The Bertz CT molecular complexity index is 1040. The topological polar surface area (TPSA) is 116 Å². The number of nitrogens with one attached hydrogen (secondary N) is 1. The summed E-state index contributed by atoms with van der Waals surface area (Å²) in [5.74, 6) is -1.62. The van der Waals surface area contributed by atoms with Crippen molar-refractivity contribution in [3.05, 3.63) is 64.6 Å². The Labute approximate surface area is 181 Å². The molecule has 3 N–H and O–H groups in total. The molecule has 1 aliphatic heterocycles. The number of aromatic carboxylic acids is 1. The highest BCUT2D eigenvalue weighted by molar-refractivity contribution is 8.26. The van der Waals surface area contributed by atoms with E-state index in [1.165, 1.54) is 17.0 Å². The van der Waals surface area contributed by atoms with Gasteiger partial charge in [-0.3, -0.25) is 14.5 Å². The molecule has 1 saturated heterocycles. The van der Waals surface area contributed by atoms with Gasteiger partial charge in [-0.05, 0) is 35.9 Å². The Kier molecular flexibility index (Phi) is 6.83. The van der Waals surface area contributed by atoms with Crippen LogP contribution in [0.15, 0.2) is 53.4 Å². The zero-order valence-electron chi connectivity index (χ0n) is 15.4. The van der Waals surface area contributed by atoms with Gasteiger partial charge in [0, 0.05) is 13.0 Å². The van der Waals surface area contributed by atoms with E-state index in [0.717, 1.165) is 17.3 Å². The highest BCUT2D eigenvalue weighted by Gasteiger charge is 2.32. The summed E-state index contributed by atoms with van der Waals surface area (Å²) in [6.45, 7) is 0.0698. The summed E-state index contributed by atoms with van der Waals surface area (Å²) in [7, 11) is 0. The summed E-state index contributed by atoms with van der Waals surface area (Å²) < 4.78 is 0.334. The van der Waals surface area contributed by atoms with Crippen LogP contribution < -0.4 is 10.2 Å². The van der Waals surface area contributed by atoms with Gasteiger partial charge in [-0.2, -0.15) is 0 Å². The van der Waals surface area contributed by atoms with Crippen molar-refractivity contribution in [3.8, 4) is 5.75 Å². The second kappa shape index (κ2) is 9.53. The van der Waals surface area contributed by atoms with Crippen LogP contribution in [0.25, 0.3) is 6.08 Å². The molecule has 2 aromatic carbocycles. The molecule has 0 atom stereocenters. The molecule has 30 heavy (non-hydrogen) atoms. The summed E-state index contributed by atoms with van der Waals surface area (Å²) >= 11 is 6.38. The Morgan fingerprint density at radius 3 is 2.53 bits per heavy atom. The molecule has 2 amide bonds. The number of carbonyl (C=O) groups excluding carboxylic acids is 2. The molecular formula is C20H16N2O6S2. The number of hydrogen-bond donors (Lipinski definition) is 3. The summed E-state index contributed by atoms with van der Waals surface area (Å²) in [5.41, 5.74) is 0.895. The van der Waals surface area contributed by atoms with Crippen molar-refractivity contribution in [3.63, 3.8) is 0 Å². The maximum atomic E-state index is 12.6. The predicted octanol–water partition coefficient (Wildman–Crippen LogP) is 3.47. The summed E-state index contributed by atoms with van der Waals surface area (Å²) in [6, 6.07) is 12.5. The molecule has 8 nitrogen and oxygen atoms in total. The lowest BCUT2D eigenvalue weighted by Gasteiger charge is -2.14. The van der Waals surface area contributed by atoms with E-state index in [1.54, 1.807) is 42.5 Å². The molecule has 1 aliphatic rings. The minimum Gasteiger partial charge on any atom is -0.478 e. The van der Waals surface area contributed by atoms with Crippen LogP contribution in [-0.2, 0) is 9.59 Å². The first kappa shape index (κ1) is 21.5. The fourth-order valence-electron chi connectivity index (χ4n) is 2.67. The maximum Gasteiger partial charge on any atom is 0.337 e. The van der Waals surface area contributed by atoms with Crippen molar-refractivity contribution in [1.82, 2.24) is 4.90 Å². The van der Waals surface area contributed by atoms with Crippen molar-refractivity contribution in [2.24, 2.45) is 0 Å². The quantitative estimate of drug-likeness (QED) is 0.257. The fraction of sp³-hybridized carbons (Fsp3) is 0.100. The van der Waals surface area contributed by atoms with E-state index in [0.29, 0.717) is 9.23 Å². The normalized spacial score (nSPS) is 14.8. The highest BCUT2D eigenvalue weighted by Crippen LogP contribution is 2.32. The molecule has 3 rings (SSSR count). The molecule has 2 aromatic rings. The van der Waals surface area contributed by atoms with Gasteiger partial charge in [0.1, 0.15) is 4.32 Å². The Balaban J connectivity index is 1.62. The van der Waals surface area contributed by atoms with Gasteiger partial charge in [0.2, 0.25) is 5.91 Å². The van der Waals surface area contributed by atoms with Gasteiger partial charge in [-0.1, -0.05) is 48.2 Å². The standard InChI is InChI=1S/C20H16N2O6S2/c23-17(21-15-4-2-1-3-14(15)19(25)26)9-10-22-18(24)16(30-20(22)29)11-12-5-7-13(28-27)8-6-12/h1-8,11,27H,9-10H2,(H,21,23)(H,25,26)/b16-11-. The number of carbonyl (C=O) groups is 3. The average Bonchev–Trinajstić information content (AvgIpc) is 2.99. The van der Waals surface area contributed by atoms with E-state index in [-0.39, 0.29) is 35.9 Å². The average molecular weight is 444 g/mol. The highest BCUT2D eigenvalue weighted by atomic mass is 32.2. The van der Waals surface area contributed by atoms with Crippen molar-refractivity contribution in [2.75, 3.05) is 11.9 Å². The molecule has 1 heterocycles. The van der Waals surface area contributed by atoms with E-state index in [2.05, 4.69) is 10.2 Å². The monoisotopic (exact) mass is 444 g/mol. The van der Waals surface area contributed by atoms with E-state index < -0.39 is 11.9 Å². The molecule has 0 radical (unpaired) electrons. The molecule has 0 saturated carbocycles. The van der Waals surface area contributed by atoms with Crippen LogP contribution in [0.4, 0.5) is 5.69 Å². The Morgan fingerprint density at radius 2 is 1.87 bits per heavy atom. The van der Waals surface area contributed by atoms with E-state index in [4.69, 9.17) is 17.5 Å². The Morgan fingerprint density at radius 1 is 1.17 bits per heavy atom. The van der Waals surface area contributed by atoms with Crippen molar-refractivity contribution >= 4 is 57.8 Å². The lowest BCUT2D eigenvalue weighted by atomic mass is 10.1. The zero-order valence-corrected chi connectivity index (χ0v) is 17.0. The molecule has 0 aliphatic carbocycles. The van der Waals surface area contributed by atoms with Gasteiger partial charge in [0.15, 0.2) is 5.75 Å². The molecule has 154 valence electrons. The minimum atomic E-state index is -1.15. The number of nitrogens with zero attached hydrogens (tertiary/aromatic N) is 1. The predicted molar refractivity (Wildman–Crippen MR) is 116 cm³/mol. The van der Waals surface area contributed by atoms with Gasteiger partial charge in [-0.25, -0.2) is 10.1 Å². The first-order chi connectivity index (χ1) is 14.4. The van der Waals surface area contributed by atoms with Gasteiger partial charge in [0.25, 0.3) is 5.91 Å². The van der Waals surface area contributed by atoms with Crippen molar-refractivity contribution in [1.29, 1.82) is 0 Å². The third kappa shape index (κ3) is 5.03. The second-order valence-corrected chi connectivity index (χ2v) is 7.82. The summed E-state index contributed by atoms with van der Waals surface area (Å²) in [5, 5.41) is 20.3. The third-order valence-corrected chi connectivity index (χ3v) is 5.53. The second-order valence-electron chi connectivity index (χ2n) is 6.14. The van der Waals surface area contributed by atoms with E-state index >= 15 is 0 Å². The number of amides is 2. The molecule has 0 spiro atoms. The van der Waals surface area contributed by atoms with Crippen LogP contribution in [0.2, 0.25) is 0 Å². The number of thiocarbonyl (C=S) groups is 1. The summed E-state index contributed by atoms with van der Waals surface area (Å²) in [4.78, 5) is 42.0. The van der Waals surface area contributed by atoms with Gasteiger partial charge in [-0.15, -0.1) is 0 Å². The SMILES string of the molecule is O=C(CCN1C(=O)/C(=C/c2ccc(OO)cc2)SC1=S)Nc1ccccc1C(=O)O. The van der Waals surface area contributed by atoms with Gasteiger partial charge in [0.05, 0.1) is 16.2 Å². The molecule has 1 fully saturated rings. The first-order valence-corrected chi connectivity index (χ1v) is 9.90. The minimum absolute atomic E-state index is 0.0167. The molecule has 0 bridgehead atoms. The van der Waals surface area contributed by atoms with Crippen molar-refractivity contribution < 1.29 is 29.6 Å². The van der Waals surface area contributed by atoms with E-state index in [1.807, 2.05) is 0 Å². The fourth-order valence-corrected chi connectivity index (χ4v) is 3.98. The zero-order chi connectivity index (χ0) is 21.7. The van der Waals surface area contributed by atoms with Crippen LogP contribution in [0.1, 0.15) is 22.3 Å². The molecular weight excluding hydrogens is 428 g/mol. The lowest BCUT2D eigenvalue weighted by Crippen LogP contribution is -2.31. The number of anilines is 1. The number of para-hydroxylation sites is 1. The molecule has 0 unspecified atom stereocenters. The van der Waals surface area contributed by atoms with Crippen LogP contribution in [-0.4, -0.2) is 43.9 Å². The van der Waals surface area contributed by atoms with Crippen LogP contribution in [0.3, 0.4) is 0 Å². The maximum absolute atomic E-state index is 12.6. The van der Waals surface area contributed by atoms with E-state index in [9.17, 15) is 19.5 Å². The molecule has 0 aromatic heterocycles. The largest absolute Gasteiger partial charge is 0.478 e. The van der Waals surface area contributed by atoms with Crippen molar-refractivity contribution in [2.45, 2.75) is 6.42 Å². The summed E-state index contributed by atoms with van der Waals surface area (Å²) in [6.07, 6.45) is 1.61. The first-order valence-electron chi connectivity index (χ1n) is 8.68. The third-order valence-electron chi connectivity index (χ3n) is 4.15. The number of carboxylic acids is 1. The number of thioether (sulfide) groups is 1. The number of hydrogen-bond acceptors (Lipinski definition) is 7. The number of rotatable bonds is 7. The van der Waals surface area contributed by atoms with Crippen LogP contribution >= 0.6 is 24.0 Å². The van der Waals surface area contributed by atoms with Gasteiger partial charge >= 0.3 is 5.97 Å². The van der Waals surface area contributed by atoms with Gasteiger partial charge < -0.3 is 15.3 Å². The lowest BCUT2D eigenvalue weighted by molar-refractivity contribution is -0.137. The smallest absolute Gasteiger partial charge is 0.337 e. The van der Waals surface area contributed by atoms with Crippen LogP contribution in [0, 0.1) is 0 Å². The number of carboxylic acid groups (broad SMARTS) is 1. The van der Waals surface area contributed by atoms with Crippen LogP contribution in [0.5, 0.6) is 5.75 Å².